The highest BCUT2D eigenvalue weighted by molar-refractivity contribution is 5.92. The zero-order chi connectivity index (χ0) is 14.6. The van der Waals surface area contributed by atoms with E-state index in [0.717, 1.165) is 0 Å². The Kier molecular flexibility index (Phi) is 4.74. The first kappa shape index (κ1) is 14.8. The lowest BCUT2D eigenvalue weighted by Crippen LogP contribution is -2.42. The molecule has 5 nitrogen and oxygen atoms in total. The molecule has 0 aliphatic heterocycles. The Morgan fingerprint density at radius 3 is 2.21 bits per heavy atom. The first-order valence-electron chi connectivity index (χ1n) is 5.30. The van der Waals surface area contributed by atoms with Gasteiger partial charge in [-0.05, 0) is 6.42 Å². The molecule has 1 rings (SSSR count). The highest BCUT2D eigenvalue weighted by Gasteiger charge is 2.18. The summed E-state index contributed by atoms with van der Waals surface area (Å²) >= 11 is 0. The van der Waals surface area contributed by atoms with E-state index in [2.05, 4.69) is 5.32 Å². The molecule has 3 N–H and O–H groups in total. The van der Waals surface area contributed by atoms with Crippen LogP contribution in [0.15, 0.2) is 12.1 Å². The number of hydrogen-bond donors (Lipinski definition) is 3. The maximum Gasteiger partial charge on any atom is 0.326 e. The van der Waals surface area contributed by atoms with Gasteiger partial charge in [0.15, 0.2) is 17.5 Å². The third-order valence-corrected chi connectivity index (χ3v) is 2.25. The molecule has 0 spiro atoms. The molecule has 0 radical (unpaired) electrons. The number of rotatable bonds is 4. The zero-order valence-electron chi connectivity index (χ0n) is 9.84. The third-order valence-electron chi connectivity index (χ3n) is 2.25. The van der Waals surface area contributed by atoms with Crippen LogP contribution in [0.3, 0.4) is 0 Å². The smallest absolute Gasteiger partial charge is 0.326 e. The first-order valence-corrected chi connectivity index (χ1v) is 5.30. The molecule has 0 aliphatic carbocycles. The number of carboxylic acids is 1. The van der Waals surface area contributed by atoms with Gasteiger partial charge in [-0.1, -0.05) is 6.92 Å². The van der Waals surface area contributed by atoms with Crippen molar-refractivity contribution in [3.05, 3.63) is 29.6 Å². The van der Waals surface area contributed by atoms with Crippen molar-refractivity contribution in [1.82, 2.24) is 5.32 Å². The van der Waals surface area contributed by atoms with Crippen molar-refractivity contribution < 1.29 is 27.9 Å². The molecule has 0 heterocycles. The van der Waals surface area contributed by atoms with Crippen LogP contribution in [0, 0.1) is 17.5 Å². The molecule has 1 aromatic rings. The van der Waals surface area contributed by atoms with Crippen LogP contribution in [-0.2, 0) is 4.79 Å². The minimum atomic E-state index is -1.65. The number of carboxylic acid groups (broad SMARTS) is 1. The largest absolute Gasteiger partial charge is 0.480 e. The summed E-state index contributed by atoms with van der Waals surface area (Å²) < 4.78 is 38.4. The molecule has 1 aromatic carbocycles. The van der Waals surface area contributed by atoms with Crippen LogP contribution < -0.4 is 10.6 Å². The summed E-state index contributed by atoms with van der Waals surface area (Å²) in [5, 5.41) is 12.8. The van der Waals surface area contributed by atoms with Crippen LogP contribution in [0.4, 0.5) is 23.7 Å². The molecule has 1 atom stereocenters. The van der Waals surface area contributed by atoms with Gasteiger partial charge in [-0.25, -0.2) is 22.8 Å². The van der Waals surface area contributed by atoms with Gasteiger partial charge in [0, 0.05) is 17.8 Å². The van der Waals surface area contributed by atoms with Gasteiger partial charge in [-0.15, -0.1) is 0 Å². The normalized spacial score (nSPS) is 11.8. The first-order chi connectivity index (χ1) is 8.85. The van der Waals surface area contributed by atoms with Crippen molar-refractivity contribution in [1.29, 1.82) is 0 Å². The van der Waals surface area contributed by atoms with Crippen molar-refractivity contribution in [3.63, 3.8) is 0 Å². The van der Waals surface area contributed by atoms with E-state index in [9.17, 15) is 22.8 Å². The number of aliphatic carboxylic acids is 1. The van der Waals surface area contributed by atoms with Crippen LogP contribution in [-0.4, -0.2) is 23.1 Å². The van der Waals surface area contributed by atoms with Crippen molar-refractivity contribution in [3.8, 4) is 0 Å². The Balaban J connectivity index is 2.75. The molecular formula is C11H11F3N2O3. The monoisotopic (exact) mass is 276 g/mol. The SMILES string of the molecule is CC[C@@H](NC(=O)Nc1cc(F)c(F)c(F)c1)C(=O)O. The predicted molar refractivity (Wildman–Crippen MR) is 60.2 cm³/mol. The molecule has 0 aliphatic rings. The van der Waals surface area contributed by atoms with Crippen LogP contribution in [0.25, 0.3) is 0 Å². The Morgan fingerprint density at radius 2 is 1.79 bits per heavy atom. The number of halogens is 3. The van der Waals surface area contributed by atoms with E-state index in [0.29, 0.717) is 12.1 Å². The van der Waals surface area contributed by atoms with E-state index < -0.39 is 35.5 Å². The maximum atomic E-state index is 12.9. The number of nitrogens with one attached hydrogen (secondary N) is 2. The summed E-state index contributed by atoms with van der Waals surface area (Å²) in [6.45, 7) is 1.54. The van der Waals surface area contributed by atoms with E-state index >= 15 is 0 Å². The number of benzene rings is 1. The fourth-order valence-corrected chi connectivity index (χ4v) is 1.29. The second-order valence-corrected chi connectivity index (χ2v) is 3.65. The molecule has 0 bridgehead atoms. The van der Waals surface area contributed by atoms with E-state index in [1.807, 2.05) is 5.32 Å². The van der Waals surface area contributed by atoms with Crippen molar-refractivity contribution in [2.75, 3.05) is 5.32 Å². The lowest BCUT2D eigenvalue weighted by Gasteiger charge is -2.13. The summed E-state index contributed by atoms with van der Waals surface area (Å²) in [5.74, 6) is -5.81. The lowest BCUT2D eigenvalue weighted by atomic mass is 10.2. The predicted octanol–water partition coefficient (Wildman–Crippen LogP) is 2.09. The van der Waals surface area contributed by atoms with Crippen LogP contribution in [0.5, 0.6) is 0 Å². The van der Waals surface area contributed by atoms with Gasteiger partial charge in [-0.3, -0.25) is 0 Å². The van der Waals surface area contributed by atoms with Gasteiger partial charge in [-0.2, -0.15) is 0 Å². The van der Waals surface area contributed by atoms with Gasteiger partial charge < -0.3 is 15.7 Å². The number of amides is 2. The average molecular weight is 276 g/mol. The molecule has 8 heteroatoms. The quantitative estimate of drug-likeness (QED) is 0.737. The van der Waals surface area contributed by atoms with Crippen molar-refractivity contribution in [2.24, 2.45) is 0 Å². The van der Waals surface area contributed by atoms with Gasteiger partial charge in [0.25, 0.3) is 0 Å². The molecule has 0 saturated heterocycles. The van der Waals surface area contributed by atoms with Gasteiger partial charge in [0.1, 0.15) is 6.04 Å². The van der Waals surface area contributed by atoms with Gasteiger partial charge >= 0.3 is 12.0 Å². The summed E-state index contributed by atoms with van der Waals surface area (Å²) in [5.41, 5.74) is -0.325. The van der Waals surface area contributed by atoms with E-state index in [-0.39, 0.29) is 12.1 Å². The molecule has 0 unspecified atom stereocenters. The Hall–Kier alpha value is -2.25. The topological polar surface area (TPSA) is 78.4 Å². The fourth-order valence-electron chi connectivity index (χ4n) is 1.29. The summed E-state index contributed by atoms with van der Waals surface area (Å²) in [7, 11) is 0. The highest BCUT2D eigenvalue weighted by atomic mass is 19.2. The number of urea groups is 1. The average Bonchev–Trinajstić information content (AvgIpc) is 2.32. The number of hydrogen-bond acceptors (Lipinski definition) is 2. The molecule has 104 valence electrons. The Morgan fingerprint density at radius 1 is 1.26 bits per heavy atom. The molecule has 0 saturated carbocycles. The number of carbonyl (C=O) groups excluding carboxylic acids is 1. The summed E-state index contributed by atoms with van der Waals surface area (Å²) in [6, 6.07) is -0.922. The van der Waals surface area contributed by atoms with Crippen LogP contribution >= 0.6 is 0 Å². The van der Waals surface area contributed by atoms with E-state index in [4.69, 9.17) is 5.11 Å². The second-order valence-electron chi connectivity index (χ2n) is 3.65. The van der Waals surface area contributed by atoms with Crippen molar-refractivity contribution in [2.45, 2.75) is 19.4 Å². The van der Waals surface area contributed by atoms with Crippen LogP contribution in [0.1, 0.15) is 13.3 Å². The lowest BCUT2D eigenvalue weighted by molar-refractivity contribution is -0.139. The van der Waals surface area contributed by atoms with Gasteiger partial charge in [0.05, 0.1) is 0 Å². The fraction of sp³-hybridized carbons (Fsp3) is 0.273. The Bertz CT molecular complexity index is 485. The van der Waals surface area contributed by atoms with E-state index in [1.54, 1.807) is 0 Å². The minimum Gasteiger partial charge on any atom is -0.480 e. The zero-order valence-corrected chi connectivity index (χ0v) is 9.84. The van der Waals surface area contributed by atoms with Crippen LogP contribution in [0.2, 0.25) is 0 Å². The number of carbonyl (C=O) groups is 2. The van der Waals surface area contributed by atoms with Crippen molar-refractivity contribution >= 4 is 17.7 Å². The summed E-state index contributed by atoms with van der Waals surface area (Å²) in [4.78, 5) is 22.0. The highest BCUT2D eigenvalue weighted by Crippen LogP contribution is 2.17. The minimum absolute atomic E-state index is 0.134. The Labute approximate surface area is 106 Å². The molecule has 19 heavy (non-hydrogen) atoms. The molecular weight excluding hydrogens is 265 g/mol. The molecule has 0 aromatic heterocycles. The van der Waals surface area contributed by atoms with E-state index in [1.165, 1.54) is 6.92 Å². The third kappa shape index (κ3) is 3.87. The molecule has 2 amide bonds. The summed E-state index contributed by atoms with van der Waals surface area (Å²) in [6.07, 6.45) is 0.134. The molecule has 0 fully saturated rings. The van der Waals surface area contributed by atoms with Gasteiger partial charge in [0.2, 0.25) is 0 Å². The second kappa shape index (κ2) is 6.07. The maximum absolute atomic E-state index is 12.9. The number of anilines is 1. The standard InChI is InChI=1S/C11H11F3N2O3/c1-2-8(10(17)18)16-11(19)15-5-3-6(12)9(14)7(13)4-5/h3-4,8H,2H2,1H3,(H,17,18)(H2,15,16,19)/t8-/m1/s1.